The summed E-state index contributed by atoms with van der Waals surface area (Å²) in [6, 6.07) is 33.2. The van der Waals surface area contributed by atoms with Crippen molar-refractivity contribution >= 4 is 77.1 Å². The fraction of sp³-hybridized carbons (Fsp3) is 0.457. The third-order valence-electron chi connectivity index (χ3n) is 10.6. The van der Waals surface area contributed by atoms with Crippen LogP contribution in [0.4, 0.5) is 0 Å². The first kappa shape index (κ1) is 51.2. The Bertz CT molecular complexity index is 1720. The van der Waals surface area contributed by atoms with Crippen LogP contribution in [-0.4, -0.2) is 99.4 Å². The van der Waals surface area contributed by atoms with Gasteiger partial charge in [-0.05, 0) is 89.0 Å². The van der Waals surface area contributed by atoms with E-state index >= 15 is 0 Å². The van der Waals surface area contributed by atoms with E-state index in [0.717, 1.165) is 72.3 Å². The van der Waals surface area contributed by atoms with Crippen molar-refractivity contribution in [3.63, 3.8) is 0 Å². The van der Waals surface area contributed by atoms with Gasteiger partial charge in [0.2, 0.25) is 5.91 Å². The van der Waals surface area contributed by atoms with E-state index in [2.05, 4.69) is 89.3 Å². The van der Waals surface area contributed by atoms with Crippen molar-refractivity contribution < 1.29 is 14.3 Å². The number of methoxy groups -OCH3 is 2. The predicted molar refractivity (Wildman–Crippen MR) is 251 cm³/mol. The molecular formula is C46H60Cl6N4O3. The number of carbonyl (C=O) groups excluding carboxylic acids is 1. The van der Waals surface area contributed by atoms with Crippen molar-refractivity contribution in [3.05, 3.63) is 139 Å². The zero-order valence-electron chi connectivity index (χ0n) is 34.7. The minimum Gasteiger partial charge on any atom is -0.385 e. The zero-order valence-corrected chi connectivity index (χ0v) is 39.4. The number of hydrogen-bond acceptors (Lipinski definition) is 6. The molecule has 0 radical (unpaired) electrons. The molecule has 0 aromatic heterocycles. The van der Waals surface area contributed by atoms with E-state index in [1.165, 1.54) is 22.3 Å². The van der Waals surface area contributed by atoms with Gasteiger partial charge in [0.25, 0.3) is 0 Å². The monoisotopic (exact) mass is 926 g/mol. The first-order valence-electron chi connectivity index (χ1n) is 19.9. The van der Waals surface area contributed by atoms with E-state index in [1.807, 2.05) is 48.5 Å². The number of nitrogens with one attached hydrogen (secondary N) is 1. The van der Waals surface area contributed by atoms with Crippen molar-refractivity contribution in [3.8, 4) is 0 Å². The summed E-state index contributed by atoms with van der Waals surface area (Å²) >= 11 is 24.5. The van der Waals surface area contributed by atoms with Gasteiger partial charge in [-0.3, -0.25) is 14.6 Å². The van der Waals surface area contributed by atoms with Crippen molar-refractivity contribution in [2.75, 3.05) is 66.7 Å². The second kappa shape index (κ2) is 25.1. The van der Waals surface area contributed by atoms with E-state index in [9.17, 15) is 4.79 Å². The van der Waals surface area contributed by atoms with Crippen LogP contribution in [0, 0.1) is 5.41 Å². The summed E-state index contributed by atoms with van der Waals surface area (Å²) in [6.07, 6.45) is 2.38. The van der Waals surface area contributed by atoms with Crippen LogP contribution in [0.15, 0.2) is 97.1 Å². The molecule has 2 saturated heterocycles. The van der Waals surface area contributed by atoms with Gasteiger partial charge in [-0.1, -0.05) is 116 Å². The molecule has 0 saturated carbocycles. The topological polar surface area (TPSA) is 57.3 Å². The van der Waals surface area contributed by atoms with Gasteiger partial charge >= 0.3 is 0 Å². The third kappa shape index (κ3) is 15.6. The van der Waals surface area contributed by atoms with Crippen LogP contribution in [0.5, 0.6) is 0 Å². The van der Waals surface area contributed by atoms with Crippen LogP contribution in [0.25, 0.3) is 0 Å². The molecule has 0 bridgehead atoms. The summed E-state index contributed by atoms with van der Waals surface area (Å²) in [7, 11) is 3.47. The molecule has 0 unspecified atom stereocenters. The molecule has 4 aromatic rings. The normalized spacial score (nSPS) is 17.5. The molecule has 0 spiro atoms. The van der Waals surface area contributed by atoms with Crippen molar-refractivity contribution in [1.82, 2.24) is 20.0 Å². The van der Waals surface area contributed by atoms with Gasteiger partial charge in [-0.15, -0.1) is 24.8 Å². The Kier molecular flexibility index (Phi) is 21.8. The molecule has 0 aliphatic carbocycles. The lowest BCUT2D eigenvalue weighted by molar-refractivity contribution is -0.139. The second-order valence-corrected chi connectivity index (χ2v) is 17.9. The molecule has 2 fully saturated rings. The van der Waals surface area contributed by atoms with Crippen LogP contribution < -0.4 is 5.32 Å². The molecule has 4 aromatic carbocycles. The molecule has 7 nitrogen and oxygen atoms in total. The summed E-state index contributed by atoms with van der Waals surface area (Å²) in [5.74, 6) is 0.229. The summed E-state index contributed by atoms with van der Waals surface area (Å²) in [4.78, 5) is 20.2. The van der Waals surface area contributed by atoms with Crippen LogP contribution >= 0.6 is 71.2 Å². The highest BCUT2D eigenvalue weighted by Crippen LogP contribution is 2.34. The Balaban J connectivity index is 0.000000313. The molecule has 2 aliphatic heterocycles. The van der Waals surface area contributed by atoms with Crippen LogP contribution in [0.1, 0.15) is 74.4 Å². The van der Waals surface area contributed by atoms with Gasteiger partial charge in [0.05, 0.1) is 12.1 Å². The van der Waals surface area contributed by atoms with Gasteiger partial charge in [-0.2, -0.15) is 0 Å². The van der Waals surface area contributed by atoms with Gasteiger partial charge in [-0.25, -0.2) is 0 Å². The number of halogens is 6. The molecule has 1 amide bonds. The lowest BCUT2D eigenvalue weighted by Gasteiger charge is -2.45. The van der Waals surface area contributed by atoms with Gasteiger partial charge in [0.1, 0.15) is 0 Å². The molecule has 324 valence electrons. The van der Waals surface area contributed by atoms with Crippen LogP contribution in [-0.2, 0) is 14.3 Å². The Hall–Kier alpha value is -2.11. The molecular weight excluding hydrogens is 869 g/mol. The molecule has 2 heterocycles. The van der Waals surface area contributed by atoms with E-state index in [1.54, 1.807) is 14.2 Å². The highest BCUT2D eigenvalue weighted by atomic mass is 35.5. The van der Waals surface area contributed by atoms with E-state index in [0.29, 0.717) is 25.6 Å². The van der Waals surface area contributed by atoms with Crippen LogP contribution in [0.3, 0.4) is 0 Å². The van der Waals surface area contributed by atoms with E-state index < -0.39 is 0 Å². The number of nitrogens with zero attached hydrogens (tertiary/aromatic N) is 3. The Labute approximate surface area is 384 Å². The average molecular weight is 930 g/mol. The maximum atomic E-state index is 13.1. The van der Waals surface area contributed by atoms with E-state index in [4.69, 9.17) is 55.9 Å². The summed E-state index contributed by atoms with van der Waals surface area (Å²) in [5, 5.41) is 6.56. The number of rotatable bonds is 13. The highest BCUT2D eigenvalue weighted by molar-refractivity contribution is 6.31. The summed E-state index contributed by atoms with van der Waals surface area (Å²) in [6.45, 7) is 13.0. The highest BCUT2D eigenvalue weighted by Gasteiger charge is 2.35. The average Bonchev–Trinajstić information content (AvgIpc) is 3.19. The van der Waals surface area contributed by atoms with Gasteiger partial charge in [0.15, 0.2) is 0 Å². The Morgan fingerprint density at radius 1 is 0.627 bits per heavy atom. The van der Waals surface area contributed by atoms with Gasteiger partial charge in [0, 0.05) is 105 Å². The fourth-order valence-corrected chi connectivity index (χ4v) is 8.35. The van der Waals surface area contributed by atoms with Crippen molar-refractivity contribution in [2.45, 2.75) is 64.2 Å². The quantitative estimate of drug-likeness (QED) is 0.144. The second-order valence-electron chi connectivity index (χ2n) is 16.2. The minimum atomic E-state index is -0.0326. The maximum Gasteiger partial charge on any atom is 0.223 e. The van der Waals surface area contributed by atoms with Crippen LogP contribution in [0.2, 0.25) is 20.1 Å². The summed E-state index contributed by atoms with van der Waals surface area (Å²) < 4.78 is 10.6. The number of ether oxygens (including phenoxy) is 2. The molecule has 2 atom stereocenters. The zero-order chi connectivity index (χ0) is 41.0. The third-order valence-corrected chi connectivity index (χ3v) is 11.6. The molecule has 13 heteroatoms. The Morgan fingerprint density at radius 2 is 1.02 bits per heavy atom. The first-order chi connectivity index (χ1) is 27.3. The number of benzene rings is 4. The molecule has 2 aliphatic rings. The lowest BCUT2D eigenvalue weighted by Crippen LogP contribution is -2.56. The largest absolute Gasteiger partial charge is 0.385 e. The van der Waals surface area contributed by atoms with Crippen molar-refractivity contribution in [1.29, 1.82) is 0 Å². The Morgan fingerprint density at radius 3 is 1.41 bits per heavy atom. The number of amides is 1. The standard InChI is InChI=1S/C26H34Cl2N2O2.C20H24Cl2N2O.2ClH/c1-26(2,3)17-24(31)30-15-14-29(18-23(30)13-16-32-4)25(19-5-9-21(27)10-6-19)20-7-11-22(28)12-8-20;1-25-13-10-19-14-24(12-11-23-19)20(15-2-6-17(21)7-3-15)16-4-8-18(22)9-5-16;;/h5-12,23,25H,13-18H2,1-4H3;2-9,19-20,23H,10-14H2,1H3;2*1H/t23-;19-;;/m00../s1. The molecule has 59 heavy (non-hydrogen) atoms. The van der Waals surface area contributed by atoms with E-state index in [-0.39, 0.29) is 54.3 Å². The van der Waals surface area contributed by atoms with Crippen molar-refractivity contribution in [2.24, 2.45) is 5.41 Å². The van der Waals surface area contributed by atoms with Gasteiger partial charge < -0.3 is 19.7 Å². The first-order valence-corrected chi connectivity index (χ1v) is 21.4. The predicted octanol–water partition coefficient (Wildman–Crippen LogP) is 11.3. The number of piperazine rings is 2. The number of hydrogen-bond donors (Lipinski definition) is 1. The number of carbonyl (C=O) groups is 1. The SMILES string of the molecule is COCC[C@H]1CN(C(c2ccc(Cl)cc2)c2ccc(Cl)cc2)CCN1.COCC[C@H]1CN(C(c2ccc(Cl)cc2)c2ccc(Cl)cc2)CCN1C(=O)CC(C)(C)C.Cl.Cl. The molecule has 1 N–H and O–H groups in total. The smallest absolute Gasteiger partial charge is 0.223 e. The minimum absolute atomic E-state index is 0. The fourth-order valence-electron chi connectivity index (χ4n) is 7.85. The maximum absolute atomic E-state index is 13.1. The molecule has 6 rings (SSSR count). The summed E-state index contributed by atoms with van der Waals surface area (Å²) in [5.41, 5.74) is 4.82. The lowest BCUT2D eigenvalue weighted by atomic mass is 9.90.